The lowest BCUT2D eigenvalue weighted by Gasteiger charge is -2.12. The second-order valence-corrected chi connectivity index (χ2v) is 6.50. The van der Waals surface area contributed by atoms with E-state index in [1.807, 2.05) is 12.1 Å². The van der Waals surface area contributed by atoms with Gasteiger partial charge in [0.1, 0.15) is 5.75 Å². The van der Waals surface area contributed by atoms with Crippen molar-refractivity contribution < 1.29 is 9.53 Å². The summed E-state index contributed by atoms with van der Waals surface area (Å²) in [5.74, 6) is 0.694. The van der Waals surface area contributed by atoms with E-state index in [-0.39, 0.29) is 11.0 Å². The largest absolute Gasteiger partial charge is 0.495 e. The Morgan fingerprint density at radius 1 is 1.24 bits per heavy atom. The zero-order chi connectivity index (χ0) is 18.4. The van der Waals surface area contributed by atoms with Crippen molar-refractivity contribution in [2.45, 2.75) is 26.2 Å². The van der Waals surface area contributed by atoms with Gasteiger partial charge in [-0.15, -0.1) is 0 Å². The fourth-order valence-corrected chi connectivity index (χ4v) is 2.74. The lowest BCUT2D eigenvalue weighted by Crippen LogP contribution is -2.34. The van der Waals surface area contributed by atoms with Gasteiger partial charge in [-0.3, -0.25) is 10.1 Å². The summed E-state index contributed by atoms with van der Waals surface area (Å²) in [6, 6.07) is 12.8. The van der Waals surface area contributed by atoms with Gasteiger partial charge < -0.3 is 10.1 Å². The first-order chi connectivity index (χ1) is 11.9. The molecule has 0 aliphatic heterocycles. The maximum absolute atomic E-state index is 12.2. The van der Waals surface area contributed by atoms with Crippen LogP contribution in [0.25, 0.3) is 0 Å². The van der Waals surface area contributed by atoms with Crippen LogP contribution in [-0.2, 0) is 0 Å². The van der Waals surface area contributed by atoms with E-state index in [9.17, 15) is 4.79 Å². The van der Waals surface area contributed by atoms with E-state index in [1.54, 1.807) is 18.2 Å². The van der Waals surface area contributed by atoms with Crippen molar-refractivity contribution in [3.05, 3.63) is 58.6 Å². The second-order valence-electron chi connectivity index (χ2n) is 5.69. The van der Waals surface area contributed by atoms with Crippen molar-refractivity contribution in [1.82, 2.24) is 5.32 Å². The summed E-state index contributed by atoms with van der Waals surface area (Å²) in [6.45, 7) is 4.35. The van der Waals surface area contributed by atoms with Crippen LogP contribution in [0.15, 0.2) is 42.5 Å². The average Bonchev–Trinajstić information content (AvgIpc) is 2.61. The molecule has 6 heteroatoms. The maximum atomic E-state index is 12.2. The molecule has 0 bridgehead atoms. The van der Waals surface area contributed by atoms with Crippen LogP contribution in [0.3, 0.4) is 0 Å². The van der Waals surface area contributed by atoms with Gasteiger partial charge in [0.05, 0.1) is 12.1 Å². The highest BCUT2D eigenvalue weighted by atomic mass is 35.5. The van der Waals surface area contributed by atoms with E-state index < -0.39 is 0 Å². The molecular formula is C19H21ClN2O2S. The molecule has 1 atom stereocenters. The minimum Gasteiger partial charge on any atom is -0.495 e. The number of nitrogens with one attached hydrogen (secondary N) is 2. The minimum atomic E-state index is -0.335. The molecule has 2 N–H and O–H groups in total. The summed E-state index contributed by atoms with van der Waals surface area (Å²) >= 11 is 11.2. The van der Waals surface area contributed by atoms with Gasteiger partial charge in [-0.25, -0.2) is 0 Å². The van der Waals surface area contributed by atoms with Crippen LogP contribution in [0.2, 0.25) is 5.02 Å². The molecule has 0 saturated heterocycles. The zero-order valence-corrected chi connectivity index (χ0v) is 16.0. The van der Waals surface area contributed by atoms with Gasteiger partial charge in [0, 0.05) is 11.3 Å². The van der Waals surface area contributed by atoms with E-state index in [1.165, 1.54) is 12.7 Å². The van der Waals surface area contributed by atoms with Crippen molar-refractivity contribution in [1.29, 1.82) is 0 Å². The summed E-state index contributed by atoms with van der Waals surface area (Å²) in [7, 11) is 1.52. The number of methoxy groups -OCH3 is 1. The molecule has 0 unspecified atom stereocenters. The van der Waals surface area contributed by atoms with Gasteiger partial charge in [0.15, 0.2) is 5.11 Å². The van der Waals surface area contributed by atoms with Crippen molar-refractivity contribution in [3.63, 3.8) is 0 Å². The Hall–Kier alpha value is -2.11. The third-order valence-corrected chi connectivity index (χ3v) is 4.49. The molecule has 4 nitrogen and oxygen atoms in total. The maximum Gasteiger partial charge on any atom is 0.257 e. The van der Waals surface area contributed by atoms with E-state index in [4.69, 9.17) is 28.6 Å². The highest BCUT2D eigenvalue weighted by Gasteiger charge is 2.11. The number of amides is 1. The molecule has 25 heavy (non-hydrogen) atoms. The number of carbonyl (C=O) groups is 1. The molecule has 0 aliphatic carbocycles. The molecule has 2 aromatic carbocycles. The smallest absolute Gasteiger partial charge is 0.257 e. The molecule has 0 heterocycles. The van der Waals surface area contributed by atoms with Crippen LogP contribution in [0.1, 0.15) is 42.1 Å². The highest BCUT2D eigenvalue weighted by Crippen LogP contribution is 2.25. The van der Waals surface area contributed by atoms with Crippen molar-refractivity contribution >= 4 is 40.5 Å². The fourth-order valence-electron chi connectivity index (χ4n) is 2.28. The molecule has 2 rings (SSSR count). The number of hydrogen-bond acceptors (Lipinski definition) is 3. The normalized spacial score (nSPS) is 11.5. The molecular weight excluding hydrogens is 356 g/mol. The number of rotatable bonds is 5. The fraction of sp³-hybridized carbons (Fsp3) is 0.263. The van der Waals surface area contributed by atoms with E-state index >= 15 is 0 Å². The number of hydrogen-bond donors (Lipinski definition) is 2. The molecule has 0 aliphatic rings. The van der Waals surface area contributed by atoms with Gasteiger partial charge in [0.2, 0.25) is 0 Å². The van der Waals surface area contributed by atoms with Crippen LogP contribution >= 0.6 is 23.8 Å². The average molecular weight is 377 g/mol. The monoisotopic (exact) mass is 376 g/mol. The van der Waals surface area contributed by atoms with Crippen LogP contribution in [0.4, 0.5) is 5.69 Å². The third-order valence-electron chi connectivity index (χ3n) is 3.99. The minimum absolute atomic E-state index is 0.230. The first-order valence-corrected chi connectivity index (χ1v) is 8.79. The molecule has 0 radical (unpaired) electrons. The standard InChI is InChI=1S/C19H21ClN2O2S/c1-4-12(2)13-5-8-15(9-6-13)21-19(25)22-18(23)14-7-10-17(24-3)16(20)11-14/h5-12H,4H2,1-3H3,(H2,21,22,23,25)/t12-/m0/s1. The summed E-state index contributed by atoms with van der Waals surface area (Å²) in [6.07, 6.45) is 1.09. The predicted molar refractivity (Wildman–Crippen MR) is 107 cm³/mol. The van der Waals surface area contributed by atoms with Crippen LogP contribution in [-0.4, -0.2) is 18.1 Å². The molecule has 1 amide bonds. The summed E-state index contributed by atoms with van der Waals surface area (Å²) in [5, 5.41) is 6.25. The summed E-state index contributed by atoms with van der Waals surface area (Å²) in [5.41, 5.74) is 2.50. The zero-order valence-electron chi connectivity index (χ0n) is 14.4. The summed E-state index contributed by atoms with van der Waals surface area (Å²) in [4.78, 5) is 12.2. The lowest BCUT2D eigenvalue weighted by atomic mass is 9.99. The molecule has 0 aromatic heterocycles. The van der Waals surface area contributed by atoms with Gasteiger partial charge in [-0.1, -0.05) is 37.6 Å². The number of anilines is 1. The summed E-state index contributed by atoms with van der Waals surface area (Å²) < 4.78 is 5.07. The Labute approximate surface area is 158 Å². The van der Waals surface area contributed by atoms with Crippen molar-refractivity contribution in [2.75, 3.05) is 12.4 Å². The van der Waals surface area contributed by atoms with Crippen molar-refractivity contribution in [3.8, 4) is 5.75 Å². The molecule has 2 aromatic rings. The first kappa shape index (κ1) is 19.2. The lowest BCUT2D eigenvalue weighted by molar-refractivity contribution is 0.0977. The van der Waals surface area contributed by atoms with Crippen molar-refractivity contribution in [2.24, 2.45) is 0 Å². The quantitative estimate of drug-likeness (QED) is 0.722. The Morgan fingerprint density at radius 2 is 1.92 bits per heavy atom. The molecule has 132 valence electrons. The first-order valence-electron chi connectivity index (χ1n) is 8.00. The van der Waals surface area contributed by atoms with Crippen LogP contribution in [0, 0.1) is 0 Å². The van der Waals surface area contributed by atoms with Crippen LogP contribution in [0.5, 0.6) is 5.75 Å². The Kier molecular flexibility index (Phi) is 6.79. The highest BCUT2D eigenvalue weighted by molar-refractivity contribution is 7.80. The number of carbonyl (C=O) groups excluding carboxylic acids is 1. The molecule has 0 spiro atoms. The van der Waals surface area contributed by atoms with Gasteiger partial charge >= 0.3 is 0 Å². The number of ether oxygens (including phenoxy) is 1. The van der Waals surface area contributed by atoms with E-state index in [2.05, 4.69) is 36.6 Å². The van der Waals surface area contributed by atoms with E-state index in [0.29, 0.717) is 22.3 Å². The molecule has 0 saturated carbocycles. The molecule has 0 fully saturated rings. The topological polar surface area (TPSA) is 50.4 Å². The van der Waals surface area contributed by atoms with Gasteiger partial charge in [0.25, 0.3) is 5.91 Å². The van der Waals surface area contributed by atoms with E-state index in [0.717, 1.165) is 12.1 Å². The third kappa shape index (κ3) is 5.18. The number of benzene rings is 2. The number of thiocarbonyl (C=S) groups is 1. The SMILES string of the molecule is CC[C@H](C)c1ccc(NC(=S)NC(=O)c2ccc(OC)c(Cl)c2)cc1. The Morgan fingerprint density at radius 3 is 2.48 bits per heavy atom. The van der Waals surface area contributed by atoms with Crippen LogP contribution < -0.4 is 15.4 Å². The van der Waals surface area contributed by atoms with Gasteiger partial charge in [-0.05, 0) is 60.5 Å². The predicted octanol–water partition coefficient (Wildman–Crippen LogP) is 4.99. The Balaban J connectivity index is 1.97. The van der Waals surface area contributed by atoms with Gasteiger partial charge in [-0.2, -0.15) is 0 Å². The number of halogens is 1. The Bertz CT molecular complexity index is 763. The second kappa shape index (κ2) is 8.83.